The summed E-state index contributed by atoms with van der Waals surface area (Å²) in [7, 11) is 0. The Morgan fingerprint density at radius 3 is 2.28 bits per heavy atom. The van der Waals surface area contributed by atoms with Crippen LogP contribution in [0.25, 0.3) is 0 Å². The smallest absolute Gasteiger partial charge is 0.00914 e. The van der Waals surface area contributed by atoms with Gasteiger partial charge in [-0.25, -0.2) is 0 Å². The topological polar surface area (TPSA) is 15.3 Å². The average molecular weight is 252 g/mol. The molecule has 0 aromatic carbocycles. The number of piperidine rings is 1. The van der Waals surface area contributed by atoms with E-state index in [0.717, 1.165) is 18.0 Å². The molecule has 0 bridgehead atoms. The van der Waals surface area contributed by atoms with Gasteiger partial charge in [-0.15, -0.1) is 0 Å². The molecule has 0 unspecified atom stereocenters. The Balaban J connectivity index is 1.55. The first-order valence-corrected chi connectivity index (χ1v) is 8.23. The Morgan fingerprint density at radius 2 is 1.67 bits per heavy atom. The van der Waals surface area contributed by atoms with Gasteiger partial charge in [-0.05, 0) is 58.7 Å². The lowest BCUT2D eigenvalue weighted by molar-refractivity contribution is 0.160. The summed E-state index contributed by atoms with van der Waals surface area (Å²) in [6.45, 7) is 8.47. The first-order valence-electron chi connectivity index (χ1n) is 8.23. The monoisotopic (exact) mass is 252 g/mol. The summed E-state index contributed by atoms with van der Waals surface area (Å²) < 4.78 is 0. The van der Waals surface area contributed by atoms with Gasteiger partial charge in [0.1, 0.15) is 0 Å². The molecule has 1 aliphatic heterocycles. The predicted molar refractivity (Wildman–Crippen MR) is 78.9 cm³/mol. The minimum Gasteiger partial charge on any atom is -0.314 e. The summed E-state index contributed by atoms with van der Waals surface area (Å²) in [6, 6.07) is 1.52. The second-order valence-corrected chi connectivity index (χ2v) is 6.65. The van der Waals surface area contributed by atoms with Gasteiger partial charge in [0.2, 0.25) is 0 Å². The van der Waals surface area contributed by atoms with Crippen LogP contribution >= 0.6 is 0 Å². The highest BCUT2D eigenvalue weighted by Gasteiger charge is 2.20. The Labute approximate surface area is 114 Å². The van der Waals surface area contributed by atoms with E-state index in [1.54, 1.807) is 0 Å². The van der Waals surface area contributed by atoms with Crippen molar-refractivity contribution in [2.45, 2.75) is 77.3 Å². The summed E-state index contributed by atoms with van der Waals surface area (Å²) in [5.74, 6) is 1.03. The third-order valence-corrected chi connectivity index (χ3v) is 4.97. The SMILES string of the molecule is CC(C)N1CCC(NCCC2CCCCC2)CC1. The van der Waals surface area contributed by atoms with E-state index in [-0.39, 0.29) is 0 Å². The molecule has 1 heterocycles. The Morgan fingerprint density at radius 1 is 1.00 bits per heavy atom. The Bertz CT molecular complexity index is 213. The summed E-state index contributed by atoms with van der Waals surface area (Å²) >= 11 is 0. The fourth-order valence-corrected chi connectivity index (χ4v) is 3.59. The third kappa shape index (κ3) is 4.55. The number of likely N-dealkylation sites (tertiary alicyclic amines) is 1. The van der Waals surface area contributed by atoms with Gasteiger partial charge in [-0.1, -0.05) is 32.1 Å². The molecule has 0 spiro atoms. The first kappa shape index (κ1) is 14.3. The van der Waals surface area contributed by atoms with Crippen LogP contribution in [0.15, 0.2) is 0 Å². The summed E-state index contributed by atoms with van der Waals surface area (Å²) in [5.41, 5.74) is 0. The van der Waals surface area contributed by atoms with Crippen LogP contribution in [0.4, 0.5) is 0 Å². The maximum absolute atomic E-state index is 3.80. The molecule has 1 aliphatic carbocycles. The molecule has 2 heteroatoms. The number of nitrogens with zero attached hydrogens (tertiary/aromatic N) is 1. The van der Waals surface area contributed by atoms with Crippen LogP contribution in [0.3, 0.4) is 0 Å². The highest BCUT2D eigenvalue weighted by Crippen LogP contribution is 2.25. The van der Waals surface area contributed by atoms with Crippen molar-refractivity contribution in [2.24, 2.45) is 5.92 Å². The molecule has 0 aromatic rings. The van der Waals surface area contributed by atoms with Gasteiger partial charge in [-0.2, -0.15) is 0 Å². The molecule has 1 saturated carbocycles. The first-order chi connectivity index (χ1) is 8.75. The molecule has 106 valence electrons. The normalized spacial score (nSPS) is 24.8. The van der Waals surface area contributed by atoms with Crippen molar-refractivity contribution in [3.8, 4) is 0 Å². The van der Waals surface area contributed by atoms with E-state index >= 15 is 0 Å². The van der Waals surface area contributed by atoms with Crippen molar-refractivity contribution in [3.05, 3.63) is 0 Å². The van der Waals surface area contributed by atoms with Crippen LogP contribution in [0, 0.1) is 5.92 Å². The highest BCUT2D eigenvalue weighted by atomic mass is 15.2. The number of hydrogen-bond donors (Lipinski definition) is 1. The van der Waals surface area contributed by atoms with Gasteiger partial charge < -0.3 is 10.2 Å². The van der Waals surface area contributed by atoms with E-state index in [9.17, 15) is 0 Å². The second kappa shape index (κ2) is 7.49. The predicted octanol–water partition coefficient (Wildman–Crippen LogP) is 3.42. The van der Waals surface area contributed by atoms with Gasteiger partial charge in [0.25, 0.3) is 0 Å². The molecule has 2 fully saturated rings. The molecule has 1 N–H and O–H groups in total. The number of rotatable bonds is 5. The molecule has 0 amide bonds. The molecule has 2 nitrogen and oxygen atoms in total. The van der Waals surface area contributed by atoms with Crippen LogP contribution in [0.5, 0.6) is 0 Å². The second-order valence-electron chi connectivity index (χ2n) is 6.65. The van der Waals surface area contributed by atoms with E-state index in [4.69, 9.17) is 0 Å². The largest absolute Gasteiger partial charge is 0.314 e. The van der Waals surface area contributed by atoms with Crippen molar-refractivity contribution in [2.75, 3.05) is 19.6 Å². The lowest BCUT2D eigenvalue weighted by Crippen LogP contribution is -2.45. The van der Waals surface area contributed by atoms with Crippen molar-refractivity contribution in [3.63, 3.8) is 0 Å². The molecular weight excluding hydrogens is 220 g/mol. The van der Waals surface area contributed by atoms with E-state index < -0.39 is 0 Å². The fraction of sp³-hybridized carbons (Fsp3) is 1.00. The maximum Gasteiger partial charge on any atom is 0.00914 e. The van der Waals surface area contributed by atoms with Crippen LogP contribution in [-0.2, 0) is 0 Å². The van der Waals surface area contributed by atoms with Crippen LogP contribution in [0.1, 0.15) is 65.2 Å². The molecule has 18 heavy (non-hydrogen) atoms. The quantitative estimate of drug-likeness (QED) is 0.806. The molecule has 1 saturated heterocycles. The molecule has 0 atom stereocenters. The molecular formula is C16H32N2. The standard InChI is InChI=1S/C16H32N2/c1-14(2)18-12-9-16(10-13-18)17-11-8-15-6-4-3-5-7-15/h14-17H,3-13H2,1-2H3. The molecule has 0 radical (unpaired) electrons. The number of hydrogen-bond acceptors (Lipinski definition) is 2. The zero-order valence-electron chi connectivity index (χ0n) is 12.5. The van der Waals surface area contributed by atoms with Crippen molar-refractivity contribution in [1.29, 1.82) is 0 Å². The third-order valence-electron chi connectivity index (χ3n) is 4.97. The van der Waals surface area contributed by atoms with Crippen molar-refractivity contribution in [1.82, 2.24) is 10.2 Å². The Kier molecular flexibility index (Phi) is 5.97. The fourth-order valence-electron chi connectivity index (χ4n) is 3.59. The van der Waals surface area contributed by atoms with Gasteiger partial charge in [-0.3, -0.25) is 0 Å². The molecule has 0 aromatic heterocycles. The van der Waals surface area contributed by atoms with Crippen LogP contribution in [-0.4, -0.2) is 36.6 Å². The lowest BCUT2D eigenvalue weighted by Gasteiger charge is -2.35. The van der Waals surface area contributed by atoms with Crippen LogP contribution < -0.4 is 5.32 Å². The molecule has 2 rings (SSSR count). The minimum absolute atomic E-state index is 0.730. The van der Waals surface area contributed by atoms with Crippen molar-refractivity contribution < 1.29 is 0 Å². The molecule has 2 aliphatic rings. The minimum atomic E-state index is 0.730. The summed E-state index contributed by atoms with van der Waals surface area (Å²) in [4.78, 5) is 2.61. The average Bonchev–Trinajstić information content (AvgIpc) is 2.40. The van der Waals surface area contributed by atoms with Gasteiger partial charge in [0, 0.05) is 12.1 Å². The van der Waals surface area contributed by atoms with Gasteiger partial charge in [0.15, 0.2) is 0 Å². The lowest BCUT2D eigenvalue weighted by atomic mass is 9.87. The zero-order valence-corrected chi connectivity index (χ0v) is 12.5. The van der Waals surface area contributed by atoms with Gasteiger partial charge in [0.05, 0.1) is 0 Å². The Hall–Kier alpha value is -0.0800. The maximum atomic E-state index is 3.80. The zero-order chi connectivity index (χ0) is 12.8. The van der Waals surface area contributed by atoms with E-state index in [0.29, 0.717) is 0 Å². The van der Waals surface area contributed by atoms with Gasteiger partial charge >= 0.3 is 0 Å². The number of nitrogens with one attached hydrogen (secondary N) is 1. The summed E-state index contributed by atoms with van der Waals surface area (Å²) in [5, 5.41) is 3.80. The van der Waals surface area contributed by atoms with E-state index in [1.807, 2.05) is 0 Å². The van der Waals surface area contributed by atoms with E-state index in [2.05, 4.69) is 24.1 Å². The van der Waals surface area contributed by atoms with Crippen LogP contribution in [0.2, 0.25) is 0 Å². The summed E-state index contributed by atoms with van der Waals surface area (Å²) in [6.07, 6.45) is 11.6. The highest BCUT2D eigenvalue weighted by molar-refractivity contribution is 4.79. The van der Waals surface area contributed by atoms with E-state index in [1.165, 1.54) is 71.0 Å². The van der Waals surface area contributed by atoms with Crippen molar-refractivity contribution >= 4 is 0 Å².